The number of amides is 1. The molecule has 0 radical (unpaired) electrons. The lowest BCUT2D eigenvalue weighted by Crippen LogP contribution is -2.26. The lowest BCUT2D eigenvalue weighted by molar-refractivity contribution is -0.137. The smallest absolute Gasteiger partial charge is 0.330 e. The van der Waals surface area contributed by atoms with Gasteiger partial charge < -0.3 is 9.88 Å². The van der Waals surface area contributed by atoms with E-state index in [2.05, 4.69) is 10.3 Å². The third-order valence-corrected chi connectivity index (χ3v) is 4.85. The summed E-state index contributed by atoms with van der Waals surface area (Å²) in [7, 11) is 0. The Morgan fingerprint density at radius 3 is 2.82 bits per heavy atom. The van der Waals surface area contributed by atoms with Gasteiger partial charge in [-0.3, -0.25) is 14.2 Å². The van der Waals surface area contributed by atoms with Crippen LogP contribution in [0, 0.1) is 6.92 Å². The first-order valence-corrected chi connectivity index (χ1v) is 8.81. The highest BCUT2D eigenvalue weighted by atomic mass is 19.4. The molecule has 28 heavy (non-hydrogen) atoms. The standard InChI is InChI=1S/C19H17F3N4O2/c1-11-8-14-17(18(28)25-7-3-6-15(25)24-14)26(11)10-16(27)23-13-5-2-4-12(9-13)19(20,21)22/h2,4-5,8-9H,3,6-7,10H2,1H3,(H,23,27). The molecule has 1 aliphatic rings. The number of rotatable bonds is 3. The summed E-state index contributed by atoms with van der Waals surface area (Å²) < 4.78 is 41.7. The van der Waals surface area contributed by atoms with Gasteiger partial charge in [-0.1, -0.05) is 6.07 Å². The summed E-state index contributed by atoms with van der Waals surface area (Å²) in [6, 6.07) is 6.17. The number of alkyl halides is 3. The Labute approximate surface area is 157 Å². The summed E-state index contributed by atoms with van der Waals surface area (Å²) in [6.45, 7) is 2.16. The molecule has 0 fully saturated rings. The van der Waals surface area contributed by atoms with E-state index in [1.54, 1.807) is 22.1 Å². The van der Waals surface area contributed by atoms with Gasteiger partial charge in [0, 0.05) is 24.3 Å². The molecule has 3 aromatic rings. The SMILES string of the molecule is Cc1cc2nc3n(c(=O)c2n1CC(=O)Nc1cccc(C(F)(F)F)c1)CCC3. The molecule has 1 N–H and O–H groups in total. The van der Waals surface area contributed by atoms with E-state index in [4.69, 9.17) is 0 Å². The van der Waals surface area contributed by atoms with Gasteiger partial charge >= 0.3 is 6.18 Å². The zero-order valence-corrected chi connectivity index (χ0v) is 15.0. The van der Waals surface area contributed by atoms with Crippen LogP contribution in [0.15, 0.2) is 35.1 Å². The van der Waals surface area contributed by atoms with Crippen LogP contribution in [-0.4, -0.2) is 20.0 Å². The Kier molecular flexibility index (Phi) is 4.24. The van der Waals surface area contributed by atoms with Crippen LogP contribution < -0.4 is 10.9 Å². The number of hydrogen-bond acceptors (Lipinski definition) is 3. The van der Waals surface area contributed by atoms with Gasteiger partial charge in [-0.25, -0.2) is 4.98 Å². The highest BCUT2D eigenvalue weighted by Crippen LogP contribution is 2.30. The molecule has 0 spiro atoms. The predicted octanol–water partition coefficient (Wildman–Crippen LogP) is 3.11. The monoisotopic (exact) mass is 390 g/mol. The van der Waals surface area contributed by atoms with Crippen LogP contribution in [0.2, 0.25) is 0 Å². The van der Waals surface area contributed by atoms with Gasteiger partial charge in [0.25, 0.3) is 5.56 Å². The van der Waals surface area contributed by atoms with Crippen molar-refractivity contribution in [2.45, 2.75) is 39.0 Å². The van der Waals surface area contributed by atoms with E-state index in [-0.39, 0.29) is 17.8 Å². The van der Waals surface area contributed by atoms with E-state index in [1.165, 1.54) is 12.1 Å². The molecule has 0 saturated carbocycles. The average molecular weight is 390 g/mol. The summed E-state index contributed by atoms with van der Waals surface area (Å²) in [6.07, 6.45) is -2.90. The molecule has 3 heterocycles. The van der Waals surface area contributed by atoms with Gasteiger partial charge in [0.2, 0.25) is 5.91 Å². The Morgan fingerprint density at radius 2 is 2.07 bits per heavy atom. The van der Waals surface area contributed by atoms with Crippen LogP contribution in [-0.2, 0) is 30.5 Å². The summed E-state index contributed by atoms with van der Waals surface area (Å²) in [5.74, 6) is 0.216. The molecule has 1 aromatic carbocycles. The maximum atomic E-state index is 12.8. The molecule has 1 aliphatic heterocycles. The zero-order chi connectivity index (χ0) is 20.1. The van der Waals surface area contributed by atoms with E-state index >= 15 is 0 Å². The van der Waals surface area contributed by atoms with Gasteiger partial charge in [0.15, 0.2) is 0 Å². The van der Waals surface area contributed by atoms with Crippen molar-refractivity contribution in [1.82, 2.24) is 14.1 Å². The quantitative estimate of drug-likeness (QED) is 0.747. The average Bonchev–Trinajstić information content (AvgIpc) is 3.20. The maximum Gasteiger partial charge on any atom is 0.416 e. The summed E-state index contributed by atoms with van der Waals surface area (Å²) in [4.78, 5) is 29.7. The second-order valence-electron chi connectivity index (χ2n) is 6.82. The van der Waals surface area contributed by atoms with Crippen molar-refractivity contribution < 1.29 is 18.0 Å². The van der Waals surface area contributed by atoms with E-state index in [0.29, 0.717) is 23.3 Å². The molecular formula is C19H17F3N4O2. The molecule has 146 valence electrons. The second kappa shape index (κ2) is 6.50. The van der Waals surface area contributed by atoms with Crippen molar-refractivity contribution in [3.8, 4) is 0 Å². The number of nitrogens with one attached hydrogen (secondary N) is 1. The number of hydrogen-bond donors (Lipinski definition) is 1. The first-order chi connectivity index (χ1) is 13.2. The van der Waals surface area contributed by atoms with Crippen molar-refractivity contribution >= 4 is 22.6 Å². The fraction of sp³-hybridized carbons (Fsp3) is 0.316. The number of carbonyl (C=O) groups is 1. The van der Waals surface area contributed by atoms with Crippen LogP contribution >= 0.6 is 0 Å². The summed E-state index contributed by atoms with van der Waals surface area (Å²) in [5, 5.41) is 2.47. The Balaban J connectivity index is 1.63. The van der Waals surface area contributed by atoms with Crippen molar-refractivity contribution in [3.63, 3.8) is 0 Å². The van der Waals surface area contributed by atoms with Gasteiger partial charge in [0.05, 0.1) is 11.1 Å². The molecule has 2 aromatic heterocycles. The van der Waals surface area contributed by atoms with Crippen molar-refractivity contribution in [2.75, 3.05) is 5.32 Å². The zero-order valence-electron chi connectivity index (χ0n) is 15.0. The van der Waals surface area contributed by atoms with E-state index < -0.39 is 17.6 Å². The molecule has 0 bridgehead atoms. The Hall–Kier alpha value is -3.10. The van der Waals surface area contributed by atoms with E-state index in [0.717, 1.165) is 30.8 Å². The number of fused-ring (bicyclic) bond motifs is 2. The fourth-order valence-corrected chi connectivity index (χ4v) is 3.55. The van der Waals surface area contributed by atoms with E-state index in [9.17, 15) is 22.8 Å². The number of halogens is 3. The molecule has 0 unspecified atom stereocenters. The minimum absolute atomic E-state index is 0.0460. The number of anilines is 1. The first kappa shape index (κ1) is 18.3. The van der Waals surface area contributed by atoms with Crippen molar-refractivity contribution in [3.05, 3.63) is 57.8 Å². The molecule has 0 aliphatic carbocycles. The number of aromatic nitrogens is 3. The highest BCUT2D eigenvalue weighted by Gasteiger charge is 2.30. The predicted molar refractivity (Wildman–Crippen MR) is 97.1 cm³/mol. The largest absolute Gasteiger partial charge is 0.416 e. The second-order valence-corrected chi connectivity index (χ2v) is 6.82. The first-order valence-electron chi connectivity index (χ1n) is 8.81. The highest BCUT2D eigenvalue weighted by molar-refractivity contribution is 5.92. The van der Waals surface area contributed by atoms with Crippen LogP contribution in [0.3, 0.4) is 0 Å². The minimum atomic E-state index is -4.49. The maximum absolute atomic E-state index is 12.8. The normalized spacial score (nSPS) is 13.7. The number of nitrogens with zero attached hydrogens (tertiary/aromatic N) is 3. The van der Waals surface area contributed by atoms with Crippen molar-refractivity contribution in [2.24, 2.45) is 0 Å². The van der Waals surface area contributed by atoms with Crippen molar-refractivity contribution in [1.29, 1.82) is 0 Å². The molecule has 0 saturated heterocycles. The van der Waals surface area contributed by atoms with Gasteiger partial charge in [-0.05, 0) is 37.6 Å². The molecule has 1 amide bonds. The van der Waals surface area contributed by atoms with E-state index in [1.807, 2.05) is 0 Å². The fourth-order valence-electron chi connectivity index (χ4n) is 3.55. The van der Waals surface area contributed by atoms with Gasteiger partial charge in [-0.2, -0.15) is 13.2 Å². The minimum Gasteiger partial charge on any atom is -0.330 e. The number of carbonyl (C=O) groups excluding carboxylic acids is 1. The Bertz CT molecular complexity index is 1140. The summed E-state index contributed by atoms with van der Waals surface area (Å²) >= 11 is 0. The van der Waals surface area contributed by atoms with Crippen LogP contribution in [0.4, 0.5) is 18.9 Å². The molecule has 9 heteroatoms. The number of aryl methyl sites for hydroxylation is 2. The third-order valence-electron chi connectivity index (χ3n) is 4.85. The molecule has 6 nitrogen and oxygen atoms in total. The number of benzene rings is 1. The molecule has 4 rings (SSSR count). The summed E-state index contributed by atoms with van der Waals surface area (Å²) in [5.41, 5.74) is 0.556. The van der Waals surface area contributed by atoms with Crippen LogP contribution in [0.25, 0.3) is 11.0 Å². The Morgan fingerprint density at radius 1 is 1.29 bits per heavy atom. The molecular weight excluding hydrogens is 373 g/mol. The third kappa shape index (κ3) is 3.17. The van der Waals surface area contributed by atoms with Gasteiger partial charge in [-0.15, -0.1) is 0 Å². The molecule has 0 atom stereocenters. The van der Waals surface area contributed by atoms with Crippen LogP contribution in [0.5, 0.6) is 0 Å². The topological polar surface area (TPSA) is 68.9 Å². The lowest BCUT2D eigenvalue weighted by atomic mass is 10.2. The lowest BCUT2D eigenvalue weighted by Gasteiger charge is -2.12. The van der Waals surface area contributed by atoms with Crippen LogP contribution in [0.1, 0.15) is 23.5 Å². The van der Waals surface area contributed by atoms with Gasteiger partial charge in [0.1, 0.15) is 17.9 Å².